The van der Waals surface area contributed by atoms with E-state index in [4.69, 9.17) is 0 Å². The molecule has 2 fully saturated rings. The van der Waals surface area contributed by atoms with Gasteiger partial charge >= 0.3 is 0 Å². The summed E-state index contributed by atoms with van der Waals surface area (Å²) in [6.45, 7) is 0. The lowest BCUT2D eigenvalue weighted by Gasteiger charge is -2.37. The van der Waals surface area contributed by atoms with Crippen molar-refractivity contribution >= 4 is 20.0 Å². The molecule has 28 heavy (non-hydrogen) atoms. The maximum Gasteiger partial charge on any atom is 0.240 e. The van der Waals surface area contributed by atoms with E-state index in [0.717, 1.165) is 24.0 Å². The lowest BCUT2D eigenvalue weighted by atomic mass is 10.0. The molecule has 0 aliphatic carbocycles. The van der Waals surface area contributed by atoms with Crippen LogP contribution in [-0.4, -0.2) is 45.5 Å². The Hall–Kier alpha value is -1.74. The van der Waals surface area contributed by atoms with E-state index >= 15 is 0 Å². The van der Waals surface area contributed by atoms with Crippen molar-refractivity contribution < 1.29 is 16.8 Å². The number of nitrogens with zero attached hydrogens (tertiary/aromatic N) is 1. The van der Waals surface area contributed by atoms with Crippen molar-refractivity contribution in [3.8, 4) is 11.1 Å². The molecule has 150 valence electrons. The molecule has 2 unspecified atom stereocenters. The zero-order chi connectivity index (χ0) is 19.9. The van der Waals surface area contributed by atoms with Crippen LogP contribution in [0.2, 0.25) is 0 Å². The topological polar surface area (TPSA) is 83.6 Å². The molecule has 2 aliphatic rings. The monoisotopic (exact) mass is 420 g/mol. The summed E-state index contributed by atoms with van der Waals surface area (Å²) in [6, 6.07) is 16.1. The van der Waals surface area contributed by atoms with Gasteiger partial charge in [0.15, 0.2) is 0 Å². The maximum atomic E-state index is 13.0. The maximum absolute atomic E-state index is 13.0. The molecular formula is C20H24N2O4S2. The summed E-state index contributed by atoms with van der Waals surface area (Å²) >= 11 is 0. The Morgan fingerprint density at radius 1 is 0.857 bits per heavy atom. The Balaban J connectivity index is 1.53. The third kappa shape index (κ3) is 3.87. The summed E-state index contributed by atoms with van der Waals surface area (Å²) in [4.78, 5) is 0.228. The molecule has 2 aromatic rings. The minimum absolute atomic E-state index is 0.114. The Morgan fingerprint density at radius 2 is 1.46 bits per heavy atom. The van der Waals surface area contributed by atoms with Crippen molar-refractivity contribution in [1.82, 2.24) is 9.03 Å². The average molecular weight is 421 g/mol. The zero-order valence-corrected chi connectivity index (χ0v) is 17.3. The molecule has 1 N–H and O–H groups in total. The van der Waals surface area contributed by atoms with Gasteiger partial charge in [0.1, 0.15) is 0 Å². The quantitative estimate of drug-likeness (QED) is 0.806. The van der Waals surface area contributed by atoms with E-state index in [9.17, 15) is 16.8 Å². The first-order valence-electron chi connectivity index (χ1n) is 9.40. The van der Waals surface area contributed by atoms with Crippen molar-refractivity contribution in [3.63, 3.8) is 0 Å². The minimum atomic E-state index is -3.68. The Bertz CT molecular complexity index is 1050. The number of nitrogens with one attached hydrogen (secondary N) is 1. The number of hydrogen-bond donors (Lipinski definition) is 1. The summed E-state index contributed by atoms with van der Waals surface area (Å²) < 4.78 is 54.3. The first-order valence-corrected chi connectivity index (χ1v) is 12.7. The van der Waals surface area contributed by atoms with E-state index in [2.05, 4.69) is 4.72 Å². The van der Waals surface area contributed by atoms with Gasteiger partial charge in [-0.3, -0.25) is 0 Å². The number of benzene rings is 2. The first-order chi connectivity index (χ1) is 13.2. The molecule has 0 radical (unpaired) electrons. The molecule has 0 saturated carbocycles. The van der Waals surface area contributed by atoms with Gasteiger partial charge in [0.2, 0.25) is 20.0 Å². The van der Waals surface area contributed by atoms with Crippen LogP contribution in [0.1, 0.15) is 25.7 Å². The minimum Gasteiger partial charge on any atom is -0.212 e. The van der Waals surface area contributed by atoms with E-state index in [1.807, 2.05) is 36.4 Å². The third-order valence-electron chi connectivity index (χ3n) is 5.62. The van der Waals surface area contributed by atoms with Gasteiger partial charge in [0, 0.05) is 18.1 Å². The molecule has 2 atom stereocenters. The Kier molecular flexibility index (Phi) is 5.07. The van der Waals surface area contributed by atoms with Crippen molar-refractivity contribution in [3.05, 3.63) is 54.6 Å². The molecule has 2 aromatic carbocycles. The molecule has 2 heterocycles. The van der Waals surface area contributed by atoms with Crippen LogP contribution in [0.15, 0.2) is 59.5 Å². The highest BCUT2D eigenvalue weighted by atomic mass is 32.2. The highest BCUT2D eigenvalue weighted by Gasteiger charge is 2.45. The lowest BCUT2D eigenvalue weighted by Crippen LogP contribution is -2.51. The van der Waals surface area contributed by atoms with Crippen molar-refractivity contribution in [2.24, 2.45) is 0 Å². The molecule has 2 saturated heterocycles. The van der Waals surface area contributed by atoms with Gasteiger partial charge in [0.25, 0.3) is 0 Å². The number of piperidine rings is 1. The zero-order valence-electron chi connectivity index (χ0n) is 15.7. The molecule has 6 nitrogen and oxygen atoms in total. The number of sulfonamides is 2. The normalized spacial score (nSPS) is 25.7. The molecule has 0 spiro atoms. The van der Waals surface area contributed by atoms with Crippen LogP contribution in [-0.2, 0) is 20.0 Å². The van der Waals surface area contributed by atoms with Crippen LogP contribution < -0.4 is 4.72 Å². The summed E-state index contributed by atoms with van der Waals surface area (Å²) in [5, 5.41) is 0. The Labute approximate surface area is 166 Å². The molecule has 8 heteroatoms. The number of hydrogen-bond acceptors (Lipinski definition) is 4. The van der Waals surface area contributed by atoms with E-state index in [1.165, 1.54) is 6.26 Å². The second-order valence-electron chi connectivity index (χ2n) is 7.66. The van der Waals surface area contributed by atoms with Crippen molar-refractivity contribution in [1.29, 1.82) is 0 Å². The third-order valence-corrected chi connectivity index (χ3v) is 8.50. The van der Waals surface area contributed by atoms with Gasteiger partial charge in [-0.25, -0.2) is 21.6 Å². The van der Waals surface area contributed by atoms with Crippen LogP contribution in [0, 0.1) is 0 Å². The van der Waals surface area contributed by atoms with Crippen molar-refractivity contribution in [2.75, 3.05) is 6.26 Å². The largest absolute Gasteiger partial charge is 0.240 e. The smallest absolute Gasteiger partial charge is 0.212 e. The molecule has 0 aromatic heterocycles. The highest BCUT2D eigenvalue weighted by molar-refractivity contribution is 7.89. The summed E-state index contributed by atoms with van der Waals surface area (Å²) in [7, 11) is -6.94. The van der Waals surface area contributed by atoms with Crippen LogP contribution in [0.4, 0.5) is 0 Å². The highest BCUT2D eigenvalue weighted by Crippen LogP contribution is 2.38. The Morgan fingerprint density at radius 3 is 2.07 bits per heavy atom. The van der Waals surface area contributed by atoms with Gasteiger partial charge in [0.05, 0.1) is 11.2 Å². The molecule has 0 amide bonds. The first kappa shape index (κ1) is 19.6. The SMILES string of the molecule is CS(=O)(=O)N1C2CCC1CC(NS(=O)(=O)c1cccc(-c3ccccc3)c1)C2. The van der Waals surface area contributed by atoms with Crippen LogP contribution in [0.5, 0.6) is 0 Å². The molecule has 2 aliphatic heterocycles. The fraction of sp³-hybridized carbons (Fsp3) is 0.400. The molecular weight excluding hydrogens is 396 g/mol. The van der Waals surface area contributed by atoms with Crippen LogP contribution >= 0.6 is 0 Å². The van der Waals surface area contributed by atoms with E-state index in [1.54, 1.807) is 22.5 Å². The predicted octanol–water partition coefficient (Wildman–Crippen LogP) is 2.59. The van der Waals surface area contributed by atoms with Gasteiger partial charge in [-0.05, 0) is 48.9 Å². The second-order valence-corrected chi connectivity index (χ2v) is 11.3. The lowest BCUT2D eigenvalue weighted by molar-refractivity contribution is 0.221. The number of fused-ring (bicyclic) bond motifs is 2. The van der Waals surface area contributed by atoms with E-state index in [-0.39, 0.29) is 23.0 Å². The van der Waals surface area contributed by atoms with Gasteiger partial charge in [-0.15, -0.1) is 0 Å². The summed E-state index contributed by atoms with van der Waals surface area (Å²) in [5.74, 6) is 0. The van der Waals surface area contributed by atoms with E-state index < -0.39 is 20.0 Å². The van der Waals surface area contributed by atoms with E-state index in [0.29, 0.717) is 12.8 Å². The standard InChI is InChI=1S/C20H24N2O4S2/c1-27(23,24)22-18-10-11-19(22)14-17(13-18)21-28(25,26)20-9-5-8-16(12-20)15-6-3-2-4-7-15/h2-9,12,17-19,21H,10-11,13-14H2,1H3. The van der Waals surface area contributed by atoms with Crippen molar-refractivity contribution in [2.45, 2.75) is 48.7 Å². The van der Waals surface area contributed by atoms with Gasteiger partial charge in [-0.1, -0.05) is 42.5 Å². The van der Waals surface area contributed by atoms with Gasteiger partial charge < -0.3 is 0 Å². The summed E-state index contributed by atoms with van der Waals surface area (Å²) in [5.41, 5.74) is 1.80. The van der Waals surface area contributed by atoms with Crippen LogP contribution in [0.3, 0.4) is 0 Å². The summed E-state index contributed by atoms with van der Waals surface area (Å²) in [6.07, 6.45) is 3.85. The fourth-order valence-corrected chi connectivity index (χ4v) is 7.31. The number of rotatable bonds is 5. The molecule has 2 bridgehead atoms. The second kappa shape index (κ2) is 7.26. The van der Waals surface area contributed by atoms with Gasteiger partial charge in [-0.2, -0.15) is 4.31 Å². The average Bonchev–Trinajstić information content (AvgIpc) is 2.95. The van der Waals surface area contributed by atoms with Crippen LogP contribution in [0.25, 0.3) is 11.1 Å². The fourth-order valence-electron chi connectivity index (χ4n) is 4.53. The predicted molar refractivity (Wildman–Crippen MR) is 109 cm³/mol. The molecule has 4 rings (SSSR count).